The molecule has 0 spiro atoms. The predicted octanol–water partition coefficient (Wildman–Crippen LogP) is 3.67. The number of amides is 1. The minimum absolute atomic E-state index is 0. The quantitative estimate of drug-likeness (QED) is 0.847. The molecule has 25 heavy (non-hydrogen) atoms. The Kier molecular flexibility index (Phi) is 7.14. The molecule has 0 unspecified atom stereocenters. The molecular formula is C17H21Cl3N4O. The maximum absolute atomic E-state index is 12.6. The van der Waals surface area contributed by atoms with Gasteiger partial charge in [0.15, 0.2) is 5.69 Å². The van der Waals surface area contributed by atoms with Crippen molar-refractivity contribution in [2.24, 2.45) is 5.92 Å². The number of carbonyl (C=O) groups is 1. The highest BCUT2D eigenvalue weighted by molar-refractivity contribution is 6.42. The van der Waals surface area contributed by atoms with Crippen LogP contribution < -0.4 is 5.32 Å². The van der Waals surface area contributed by atoms with E-state index in [1.807, 2.05) is 18.0 Å². The number of rotatable bonds is 4. The van der Waals surface area contributed by atoms with E-state index in [9.17, 15) is 4.79 Å². The first kappa shape index (κ1) is 20.0. The van der Waals surface area contributed by atoms with Crippen LogP contribution in [0.15, 0.2) is 30.5 Å². The number of nitrogens with one attached hydrogen (secondary N) is 1. The van der Waals surface area contributed by atoms with Gasteiger partial charge in [0, 0.05) is 19.3 Å². The summed E-state index contributed by atoms with van der Waals surface area (Å²) in [5.41, 5.74) is 1.23. The van der Waals surface area contributed by atoms with E-state index in [2.05, 4.69) is 10.4 Å². The lowest BCUT2D eigenvalue weighted by Gasteiger charge is -2.31. The van der Waals surface area contributed by atoms with Crippen molar-refractivity contribution in [1.29, 1.82) is 0 Å². The van der Waals surface area contributed by atoms with Crippen LogP contribution in [0.3, 0.4) is 0 Å². The zero-order chi connectivity index (χ0) is 17.1. The molecule has 1 saturated heterocycles. The van der Waals surface area contributed by atoms with E-state index >= 15 is 0 Å². The lowest BCUT2D eigenvalue weighted by Crippen LogP contribution is -2.40. The minimum Gasteiger partial charge on any atom is -0.337 e. The van der Waals surface area contributed by atoms with Crippen molar-refractivity contribution in [3.05, 3.63) is 46.2 Å². The van der Waals surface area contributed by atoms with Crippen LogP contribution in [0.5, 0.6) is 0 Å². The number of hydrogen-bond acceptors (Lipinski definition) is 3. The molecule has 1 aliphatic rings. The Morgan fingerprint density at radius 3 is 2.60 bits per heavy atom. The third-order valence-electron chi connectivity index (χ3n) is 4.37. The third kappa shape index (κ3) is 4.67. The minimum atomic E-state index is -0.0169. The molecule has 0 atom stereocenters. The average Bonchev–Trinajstić information content (AvgIpc) is 3.08. The molecule has 8 heteroatoms. The number of hydrogen-bond donors (Lipinski definition) is 1. The number of carbonyl (C=O) groups excluding carboxylic acids is 1. The van der Waals surface area contributed by atoms with Gasteiger partial charge in [0.2, 0.25) is 0 Å². The van der Waals surface area contributed by atoms with Gasteiger partial charge in [0.05, 0.1) is 15.7 Å². The summed E-state index contributed by atoms with van der Waals surface area (Å²) < 4.78 is 1.64. The molecular weight excluding hydrogens is 383 g/mol. The van der Waals surface area contributed by atoms with Gasteiger partial charge in [-0.1, -0.05) is 23.2 Å². The SMILES string of the molecule is CNCC1CCN(C(=O)c2ccn(-c3ccc(Cl)c(Cl)c3)n2)CC1.Cl. The summed E-state index contributed by atoms with van der Waals surface area (Å²) in [6, 6.07) is 7.01. The lowest BCUT2D eigenvalue weighted by molar-refractivity contribution is 0.0684. The van der Waals surface area contributed by atoms with Gasteiger partial charge >= 0.3 is 0 Å². The topological polar surface area (TPSA) is 50.2 Å². The summed E-state index contributed by atoms with van der Waals surface area (Å²) in [7, 11) is 1.97. The van der Waals surface area contributed by atoms with Gasteiger partial charge < -0.3 is 10.2 Å². The van der Waals surface area contributed by atoms with Gasteiger partial charge in [-0.3, -0.25) is 4.79 Å². The van der Waals surface area contributed by atoms with Crippen LogP contribution in [-0.2, 0) is 0 Å². The van der Waals surface area contributed by atoms with E-state index in [0.717, 1.165) is 38.2 Å². The Hall–Kier alpha value is -1.27. The summed E-state index contributed by atoms with van der Waals surface area (Å²) >= 11 is 12.0. The molecule has 5 nitrogen and oxygen atoms in total. The molecule has 0 saturated carbocycles. The number of aromatic nitrogens is 2. The first-order chi connectivity index (χ1) is 11.6. The molecule has 2 aromatic rings. The van der Waals surface area contributed by atoms with E-state index in [4.69, 9.17) is 23.2 Å². The van der Waals surface area contributed by atoms with Crippen molar-refractivity contribution < 1.29 is 4.79 Å². The van der Waals surface area contributed by atoms with E-state index in [-0.39, 0.29) is 18.3 Å². The van der Waals surface area contributed by atoms with Crippen LogP contribution >= 0.6 is 35.6 Å². The molecule has 0 radical (unpaired) electrons. The van der Waals surface area contributed by atoms with Gasteiger partial charge in [0.1, 0.15) is 0 Å². The first-order valence-electron chi connectivity index (χ1n) is 8.03. The van der Waals surface area contributed by atoms with E-state index in [0.29, 0.717) is 21.7 Å². The summed E-state index contributed by atoms with van der Waals surface area (Å²) in [6.45, 7) is 2.57. The number of likely N-dealkylation sites (tertiary alicyclic amines) is 1. The van der Waals surface area contributed by atoms with Crippen LogP contribution in [-0.4, -0.2) is 47.3 Å². The second kappa shape index (κ2) is 8.90. The Labute approximate surface area is 163 Å². The van der Waals surface area contributed by atoms with Crippen LogP contribution in [0, 0.1) is 5.92 Å². The molecule has 2 heterocycles. The van der Waals surface area contributed by atoms with E-state index < -0.39 is 0 Å². The number of piperidine rings is 1. The molecule has 1 fully saturated rings. The number of nitrogens with zero attached hydrogens (tertiary/aromatic N) is 3. The number of halogens is 3. The second-order valence-electron chi connectivity index (χ2n) is 6.04. The van der Waals surface area contributed by atoms with Crippen molar-refractivity contribution in [2.45, 2.75) is 12.8 Å². The van der Waals surface area contributed by atoms with Crippen molar-refractivity contribution >= 4 is 41.5 Å². The summed E-state index contributed by atoms with van der Waals surface area (Å²) in [5.74, 6) is 0.629. The highest BCUT2D eigenvalue weighted by Crippen LogP contribution is 2.24. The van der Waals surface area contributed by atoms with Crippen molar-refractivity contribution in [3.63, 3.8) is 0 Å². The fourth-order valence-electron chi connectivity index (χ4n) is 3.00. The third-order valence-corrected chi connectivity index (χ3v) is 5.11. The highest BCUT2D eigenvalue weighted by Gasteiger charge is 2.24. The van der Waals surface area contributed by atoms with Crippen molar-refractivity contribution in [2.75, 3.05) is 26.7 Å². The second-order valence-corrected chi connectivity index (χ2v) is 6.85. The summed E-state index contributed by atoms with van der Waals surface area (Å²) in [5, 5.41) is 8.55. The van der Waals surface area contributed by atoms with Crippen molar-refractivity contribution in [3.8, 4) is 5.69 Å². The van der Waals surface area contributed by atoms with Crippen LogP contribution in [0.4, 0.5) is 0 Å². The number of benzene rings is 1. The largest absolute Gasteiger partial charge is 0.337 e. The molecule has 136 valence electrons. The summed E-state index contributed by atoms with van der Waals surface area (Å²) in [4.78, 5) is 14.5. The average molecular weight is 404 g/mol. The molecule has 1 amide bonds. The van der Waals surface area contributed by atoms with Crippen LogP contribution in [0.25, 0.3) is 5.69 Å². The van der Waals surface area contributed by atoms with Gasteiger partial charge in [-0.15, -0.1) is 12.4 Å². The Morgan fingerprint density at radius 2 is 1.96 bits per heavy atom. The molecule has 1 aromatic heterocycles. The normalized spacial score (nSPS) is 15.1. The standard InChI is InChI=1S/C17H20Cl2N4O.ClH/c1-20-11-12-4-7-22(8-5-12)17(24)16-6-9-23(21-16)13-2-3-14(18)15(19)10-13;/h2-3,6,9-10,12,20H,4-5,7-8,11H2,1H3;1H. The zero-order valence-corrected chi connectivity index (χ0v) is 16.2. The lowest BCUT2D eigenvalue weighted by atomic mass is 9.97. The van der Waals surface area contributed by atoms with Crippen molar-refractivity contribution in [1.82, 2.24) is 20.0 Å². The molecule has 1 aromatic carbocycles. The predicted molar refractivity (Wildman–Crippen MR) is 103 cm³/mol. The summed E-state index contributed by atoms with van der Waals surface area (Å²) in [6.07, 6.45) is 3.82. The fourth-order valence-corrected chi connectivity index (χ4v) is 3.29. The maximum atomic E-state index is 12.6. The Bertz CT molecular complexity index is 726. The van der Waals surface area contributed by atoms with Gasteiger partial charge in [-0.2, -0.15) is 5.10 Å². The molecule has 3 rings (SSSR count). The first-order valence-corrected chi connectivity index (χ1v) is 8.79. The molecule has 1 N–H and O–H groups in total. The smallest absolute Gasteiger partial charge is 0.274 e. The van der Waals surface area contributed by atoms with Gasteiger partial charge in [-0.25, -0.2) is 4.68 Å². The Balaban J connectivity index is 0.00000225. The van der Waals surface area contributed by atoms with Crippen LogP contribution in [0.1, 0.15) is 23.3 Å². The molecule has 0 aliphatic carbocycles. The van der Waals surface area contributed by atoms with E-state index in [1.165, 1.54) is 0 Å². The Morgan fingerprint density at radius 1 is 1.24 bits per heavy atom. The van der Waals surface area contributed by atoms with Gasteiger partial charge in [-0.05, 0) is 56.6 Å². The molecule has 1 aliphatic heterocycles. The van der Waals surface area contributed by atoms with Crippen LogP contribution in [0.2, 0.25) is 10.0 Å². The monoisotopic (exact) mass is 402 g/mol. The molecule has 0 bridgehead atoms. The van der Waals surface area contributed by atoms with E-state index in [1.54, 1.807) is 29.1 Å². The fraction of sp³-hybridized carbons (Fsp3) is 0.412. The van der Waals surface area contributed by atoms with Gasteiger partial charge in [0.25, 0.3) is 5.91 Å². The zero-order valence-electron chi connectivity index (χ0n) is 13.9. The maximum Gasteiger partial charge on any atom is 0.274 e. The highest BCUT2D eigenvalue weighted by atomic mass is 35.5.